The van der Waals surface area contributed by atoms with Crippen molar-refractivity contribution in [2.75, 3.05) is 10.8 Å². The van der Waals surface area contributed by atoms with Crippen LogP contribution in [-0.2, 0) is 4.74 Å². The number of imide groups is 1. The molecule has 5 aromatic rings. The van der Waals surface area contributed by atoms with E-state index in [0.29, 0.717) is 44.0 Å². The second-order valence-corrected chi connectivity index (χ2v) is 10.8. The van der Waals surface area contributed by atoms with Crippen molar-refractivity contribution in [2.45, 2.75) is 12.5 Å². The zero-order valence-electron chi connectivity index (χ0n) is 22.8. The second kappa shape index (κ2) is 12.0. The zero-order valence-corrected chi connectivity index (χ0v) is 24.3. The number of carbonyl (C=O) groups is 4. The first kappa shape index (κ1) is 29.2. The predicted octanol–water partition coefficient (Wildman–Crippen LogP) is 7.53. The van der Waals surface area contributed by atoms with E-state index in [4.69, 9.17) is 27.9 Å². The Kier molecular flexibility index (Phi) is 7.95. The average molecular weight is 627 g/mol. The van der Waals surface area contributed by atoms with Gasteiger partial charge in [0.25, 0.3) is 11.8 Å². The van der Waals surface area contributed by atoms with Gasteiger partial charge in [0.15, 0.2) is 6.10 Å². The average Bonchev–Trinajstić information content (AvgIpc) is 3.30. The molecule has 0 spiro atoms. The van der Waals surface area contributed by atoms with E-state index in [2.05, 4.69) is 4.98 Å². The maximum Gasteiger partial charge on any atom is 0.339 e. The van der Waals surface area contributed by atoms with E-state index in [1.165, 1.54) is 18.2 Å². The molecule has 0 radical (unpaired) electrons. The first-order valence-corrected chi connectivity index (χ1v) is 14.4. The van der Waals surface area contributed by atoms with Gasteiger partial charge in [-0.1, -0.05) is 48.0 Å². The van der Waals surface area contributed by atoms with Crippen molar-refractivity contribution in [3.8, 4) is 11.3 Å². The summed E-state index contributed by atoms with van der Waals surface area (Å²) in [5.74, 6) is -2.61. The molecule has 0 aliphatic carbocycles. The number of fused-ring (bicyclic) bond motifs is 2. The highest BCUT2D eigenvalue weighted by molar-refractivity contribution is 6.36. The molecule has 44 heavy (non-hydrogen) atoms. The van der Waals surface area contributed by atoms with E-state index >= 15 is 0 Å². The van der Waals surface area contributed by atoms with Crippen LogP contribution in [0.5, 0.6) is 0 Å². The highest BCUT2D eigenvalue weighted by Gasteiger charge is 2.36. The van der Waals surface area contributed by atoms with Gasteiger partial charge in [0.1, 0.15) is 5.82 Å². The number of hydrogen-bond donors (Lipinski definition) is 0. The highest BCUT2D eigenvalue weighted by atomic mass is 35.5. The summed E-state index contributed by atoms with van der Waals surface area (Å²) in [6, 6.07) is 24.6. The minimum Gasteiger partial charge on any atom is -0.450 e. The summed E-state index contributed by atoms with van der Waals surface area (Å²) in [6.45, 7) is 0. The highest BCUT2D eigenvalue weighted by Crippen LogP contribution is 2.33. The van der Waals surface area contributed by atoms with E-state index in [-0.39, 0.29) is 23.4 Å². The molecule has 7 nitrogen and oxygen atoms in total. The summed E-state index contributed by atoms with van der Waals surface area (Å²) in [6.07, 6.45) is -1.17. The van der Waals surface area contributed by atoms with Gasteiger partial charge in [-0.15, -0.1) is 11.6 Å². The molecule has 1 aliphatic heterocycles. The van der Waals surface area contributed by atoms with Crippen molar-refractivity contribution in [3.05, 3.63) is 130 Å². The summed E-state index contributed by atoms with van der Waals surface area (Å²) >= 11 is 12.4. The third-order valence-electron chi connectivity index (χ3n) is 7.27. The van der Waals surface area contributed by atoms with Crippen LogP contribution in [0.15, 0.2) is 97.1 Å². The number of Topliss-reactive ketones (excluding diaryl/α,β-unsaturated/α-hetero) is 1. The standard InChI is InChI=1S/C34H21Cl2FN2O5/c35-17-16-29(31(40)20-8-12-21(37)13-9-20)44-34(43)26-18-28(38-30-23(26)6-3-7-27(30)36)19-10-14-22(15-11-19)39-32(41)24-4-1-2-5-25(24)33(39)42/h1-15,18,29H,16-17H2. The molecule has 0 fully saturated rings. The van der Waals surface area contributed by atoms with E-state index in [0.717, 1.165) is 17.0 Å². The van der Waals surface area contributed by atoms with Gasteiger partial charge in [0, 0.05) is 28.8 Å². The van der Waals surface area contributed by atoms with E-state index < -0.39 is 35.5 Å². The van der Waals surface area contributed by atoms with Gasteiger partial charge in [-0.3, -0.25) is 14.4 Å². The molecule has 1 aromatic heterocycles. The topological polar surface area (TPSA) is 93.6 Å². The number of pyridine rings is 1. The fraction of sp³-hybridized carbons (Fsp3) is 0.0882. The Labute approximate surface area is 260 Å². The lowest BCUT2D eigenvalue weighted by Crippen LogP contribution is -2.29. The molecule has 1 unspecified atom stereocenters. The number of rotatable bonds is 8. The Bertz CT molecular complexity index is 1930. The molecule has 10 heteroatoms. The normalized spacial score (nSPS) is 13.2. The molecule has 0 saturated carbocycles. The van der Waals surface area contributed by atoms with Crippen LogP contribution in [-0.4, -0.2) is 40.5 Å². The van der Waals surface area contributed by atoms with Gasteiger partial charge in [-0.25, -0.2) is 19.1 Å². The Morgan fingerprint density at radius 2 is 1.52 bits per heavy atom. The fourth-order valence-electron chi connectivity index (χ4n) is 5.07. The molecule has 4 aromatic carbocycles. The Hall–Kier alpha value is -4.92. The van der Waals surface area contributed by atoms with Crippen molar-refractivity contribution in [1.29, 1.82) is 0 Å². The van der Waals surface area contributed by atoms with Crippen molar-refractivity contribution in [1.82, 2.24) is 4.98 Å². The predicted molar refractivity (Wildman–Crippen MR) is 165 cm³/mol. The fourth-order valence-corrected chi connectivity index (χ4v) is 5.49. The van der Waals surface area contributed by atoms with Crippen molar-refractivity contribution < 1.29 is 28.3 Å². The molecule has 2 amide bonds. The van der Waals surface area contributed by atoms with Gasteiger partial charge >= 0.3 is 5.97 Å². The molecule has 2 heterocycles. The third kappa shape index (κ3) is 5.34. The number of benzene rings is 4. The maximum absolute atomic E-state index is 13.6. The van der Waals surface area contributed by atoms with Crippen LogP contribution >= 0.6 is 23.2 Å². The van der Waals surface area contributed by atoms with Crippen LogP contribution in [0.3, 0.4) is 0 Å². The number of halogens is 3. The largest absolute Gasteiger partial charge is 0.450 e. The smallest absolute Gasteiger partial charge is 0.339 e. The number of ketones is 1. The lowest BCUT2D eigenvalue weighted by atomic mass is 10.0. The monoisotopic (exact) mass is 626 g/mol. The molecule has 0 saturated heterocycles. The van der Waals surface area contributed by atoms with Crippen LogP contribution in [0.25, 0.3) is 22.2 Å². The quantitative estimate of drug-likeness (QED) is 0.0764. The maximum atomic E-state index is 13.6. The Balaban J connectivity index is 1.34. The summed E-state index contributed by atoms with van der Waals surface area (Å²) < 4.78 is 19.1. The molecule has 0 bridgehead atoms. The number of hydrogen-bond acceptors (Lipinski definition) is 6. The van der Waals surface area contributed by atoms with E-state index in [1.807, 2.05) is 0 Å². The summed E-state index contributed by atoms with van der Waals surface area (Å²) in [7, 11) is 0. The first-order chi connectivity index (χ1) is 21.3. The van der Waals surface area contributed by atoms with Crippen LogP contribution in [0.1, 0.15) is 47.9 Å². The van der Waals surface area contributed by atoms with Gasteiger partial charge in [-0.2, -0.15) is 0 Å². The number of esters is 1. The minimum absolute atomic E-state index is 0.0402. The lowest BCUT2D eigenvalue weighted by molar-refractivity contribution is 0.0280. The second-order valence-electron chi connectivity index (χ2n) is 9.97. The van der Waals surface area contributed by atoms with Crippen LogP contribution in [0.2, 0.25) is 5.02 Å². The van der Waals surface area contributed by atoms with Crippen LogP contribution < -0.4 is 4.90 Å². The van der Waals surface area contributed by atoms with Crippen molar-refractivity contribution >= 4 is 63.4 Å². The number of amides is 2. The van der Waals surface area contributed by atoms with Gasteiger partial charge in [-0.05, 0) is 60.7 Å². The van der Waals surface area contributed by atoms with Crippen LogP contribution in [0, 0.1) is 5.82 Å². The van der Waals surface area contributed by atoms with Crippen molar-refractivity contribution in [2.24, 2.45) is 0 Å². The van der Waals surface area contributed by atoms with E-state index in [1.54, 1.807) is 66.7 Å². The number of aromatic nitrogens is 1. The third-order valence-corrected chi connectivity index (χ3v) is 7.79. The number of carbonyl (C=O) groups excluding carboxylic acids is 4. The van der Waals surface area contributed by atoms with Crippen molar-refractivity contribution in [3.63, 3.8) is 0 Å². The van der Waals surface area contributed by atoms with Gasteiger partial charge < -0.3 is 4.74 Å². The number of alkyl halides is 1. The number of anilines is 1. The summed E-state index contributed by atoms with van der Waals surface area (Å²) in [5.41, 5.74) is 2.61. The Morgan fingerprint density at radius 1 is 0.864 bits per heavy atom. The van der Waals surface area contributed by atoms with Crippen LogP contribution in [0.4, 0.5) is 10.1 Å². The summed E-state index contributed by atoms with van der Waals surface area (Å²) in [4.78, 5) is 58.4. The van der Waals surface area contributed by atoms with Gasteiger partial charge in [0.2, 0.25) is 5.78 Å². The molecular formula is C34H21Cl2FN2O5. The molecule has 218 valence electrons. The minimum atomic E-state index is -1.21. The molecule has 0 N–H and O–H groups in total. The SMILES string of the molecule is O=C(OC(CCCl)C(=O)c1ccc(F)cc1)c1cc(-c2ccc(N3C(=O)c4ccccc4C3=O)cc2)nc2c(Cl)cccc12. The number of ether oxygens (including phenoxy) is 1. The Morgan fingerprint density at radius 3 is 2.16 bits per heavy atom. The lowest BCUT2D eigenvalue weighted by Gasteiger charge is -2.18. The summed E-state index contributed by atoms with van der Waals surface area (Å²) in [5, 5.41) is 0.702. The molecule has 6 rings (SSSR count). The zero-order chi connectivity index (χ0) is 31.0. The number of nitrogens with zero attached hydrogens (tertiary/aromatic N) is 2. The van der Waals surface area contributed by atoms with Gasteiger partial charge in [0.05, 0.1) is 38.6 Å². The molecular weight excluding hydrogens is 606 g/mol. The first-order valence-electron chi connectivity index (χ1n) is 13.5. The molecule has 1 atom stereocenters. The van der Waals surface area contributed by atoms with E-state index in [9.17, 15) is 23.6 Å². The number of para-hydroxylation sites is 1. The molecule has 1 aliphatic rings.